The second kappa shape index (κ2) is 7.31. The van der Waals surface area contributed by atoms with Gasteiger partial charge in [0.05, 0.1) is 10.0 Å². The lowest BCUT2D eigenvalue weighted by molar-refractivity contribution is 0.0284. The van der Waals surface area contributed by atoms with Crippen LogP contribution >= 0.6 is 23.2 Å². The first kappa shape index (κ1) is 18.4. The number of halogens is 2. The number of amides is 1. The Kier molecular flexibility index (Phi) is 5.85. The van der Waals surface area contributed by atoms with E-state index in [2.05, 4.69) is 6.92 Å². The van der Waals surface area contributed by atoms with Crippen molar-refractivity contribution in [3.8, 4) is 0 Å². The van der Waals surface area contributed by atoms with E-state index < -0.39 is 5.60 Å². The summed E-state index contributed by atoms with van der Waals surface area (Å²) >= 11 is 12.1. The van der Waals surface area contributed by atoms with Gasteiger partial charge in [-0.25, -0.2) is 4.79 Å². The second-order valence-electron chi connectivity index (χ2n) is 7.27. The van der Waals surface area contributed by atoms with Crippen molar-refractivity contribution in [3.05, 3.63) is 33.8 Å². The minimum absolute atomic E-state index is 0.215. The summed E-state index contributed by atoms with van der Waals surface area (Å²) in [5, 5.41) is 1.16. The molecular formula is C18H25Cl2NO2. The molecule has 0 aliphatic carbocycles. The van der Waals surface area contributed by atoms with Gasteiger partial charge in [-0.1, -0.05) is 42.6 Å². The normalized spacial score (nSPS) is 21.6. The topological polar surface area (TPSA) is 29.5 Å². The van der Waals surface area contributed by atoms with Crippen molar-refractivity contribution in [1.82, 2.24) is 4.90 Å². The number of likely N-dealkylation sites (tertiary alicyclic amines) is 1. The lowest BCUT2D eigenvalue weighted by Crippen LogP contribution is -2.35. The molecule has 1 aromatic carbocycles. The third-order valence-corrected chi connectivity index (χ3v) is 4.97. The van der Waals surface area contributed by atoms with Crippen molar-refractivity contribution < 1.29 is 9.53 Å². The molecule has 1 saturated heterocycles. The van der Waals surface area contributed by atoms with Crippen LogP contribution in [0.5, 0.6) is 0 Å². The predicted molar refractivity (Wildman–Crippen MR) is 95.2 cm³/mol. The van der Waals surface area contributed by atoms with Crippen LogP contribution in [-0.4, -0.2) is 29.7 Å². The average Bonchev–Trinajstić information content (AvgIpc) is 2.84. The summed E-state index contributed by atoms with van der Waals surface area (Å²) in [6.07, 6.45) is 1.73. The SMILES string of the molecule is CC[C@@H]1CN(C(=O)OC(C)(C)C)C[C@H]1Cc1ccc(Cl)c(Cl)c1. The lowest BCUT2D eigenvalue weighted by Gasteiger charge is -2.24. The molecule has 2 atom stereocenters. The van der Waals surface area contributed by atoms with Gasteiger partial charge in [0, 0.05) is 13.1 Å². The van der Waals surface area contributed by atoms with Gasteiger partial charge in [0.25, 0.3) is 0 Å². The number of carbonyl (C=O) groups excluding carboxylic acids is 1. The third-order valence-electron chi connectivity index (χ3n) is 4.23. The first-order valence-electron chi connectivity index (χ1n) is 8.11. The van der Waals surface area contributed by atoms with Gasteiger partial charge < -0.3 is 9.64 Å². The lowest BCUT2D eigenvalue weighted by atomic mass is 9.88. The number of benzene rings is 1. The van der Waals surface area contributed by atoms with Crippen LogP contribution < -0.4 is 0 Å². The molecule has 5 heteroatoms. The maximum Gasteiger partial charge on any atom is 0.410 e. The van der Waals surface area contributed by atoms with E-state index in [1.165, 1.54) is 0 Å². The maximum atomic E-state index is 12.3. The Hall–Kier alpha value is -0.930. The molecule has 0 bridgehead atoms. The molecule has 1 heterocycles. The molecule has 1 aliphatic heterocycles. The summed E-state index contributed by atoms with van der Waals surface area (Å²) in [4.78, 5) is 14.1. The van der Waals surface area contributed by atoms with Gasteiger partial charge in [-0.05, 0) is 56.7 Å². The molecule has 2 rings (SSSR count). The van der Waals surface area contributed by atoms with Gasteiger partial charge in [-0.3, -0.25) is 0 Å². The Morgan fingerprint density at radius 2 is 1.87 bits per heavy atom. The average molecular weight is 358 g/mol. The van der Waals surface area contributed by atoms with Gasteiger partial charge in [-0.2, -0.15) is 0 Å². The zero-order valence-corrected chi connectivity index (χ0v) is 15.7. The highest BCUT2D eigenvalue weighted by atomic mass is 35.5. The van der Waals surface area contributed by atoms with Crippen molar-refractivity contribution in [3.63, 3.8) is 0 Å². The standard InChI is InChI=1S/C18H25Cl2NO2/c1-5-13-10-21(17(22)23-18(2,3)4)11-14(13)8-12-6-7-15(19)16(20)9-12/h6-7,9,13-14H,5,8,10-11H2,1-4H3/t13-,14-/m1/s1. The zero-order chi connectivity index (χ0) is 17.2. The molecule has 1 aliphatic rings. The van der Waals surface area contributed by atoms with E-state index in [1.54, 1.807) is 0 Å². The van der Waals surface area contributed by atoms with Crippen LogP contribution in [0.4, 0.5) is 4.79 Å². The number of rotatable bonds is 3. The van der Waals surface area contributed by atoms with Gasteiger partial charge in [0.2, 0.25) is 0 Å². The Bertz CT molecular complexity index is 569. The number of carbonyl (C=O) groups is 1. The molecular weight excluding hydrogens is 333 g/mol. The number of hydrogen-bond donors (Lipinski definition) is 0. The summed E-state index contributed by atoms with van der Waals surface area (Å²) < 4.78 is 5.50. The summed E-state index contributed by atoms with van der Waals surface area (Å²) in [6.45, 7) is 9.35. The van der Waals surface area contributed by atoms with E-state index in [0.29, 0.717) is 21.9 Å². The zero-order valence-electron chi connectivity index (χ0n) is 14.2. The largest absolute Gasteiger partial charge is 0.444 e. The van der Waals surface area contributed by atoms with E-state index in [-0.39, 0.29) is 6.09 Å². The molecule has 0 aromatic heterocycles. The highest BCUT2D eigenvalue weighted by molar-refractivity contribution is 6.42. The van der Waals surface area contributed by atoms with E-state index in [9.17, 15) is 4.79 Å². The van der Waals surface area contributed by atoms with Crippen LogP contribution in [-0.2, 0) is 11.2 Å². The van der Waals surface area contributed by atoms with Gasteiger partial charge >= 0.3 is 6.09 Å². The van der Waals surface area contributed by atoms with E-state index >= 15 is 0 Å². The summed E-state index contributed by atoms with van der Waals surface area (Å²) in [7, 11) is 0. The predicted octanol–water partition coefficient (Wildman–Crippen LogP) is 5.43. The molecule has 23 heavy (non-hydrogen) atoms. The van der Waals surface area contributed by atoms with Crippen LogP contribution in [0.1, 0.15) is 39.7 Å². The Morgan fingerprint density at radius 3 is 2.43 bits per heavy atom. The van der Waals surface area contributed by atoms with Crippen LogP contribution in [0.15, 0.2) is 18.2 Å². The van der Waals surface area contributed by atoms with Crippen molar-refractivity contribution in [1.29, 1.82) is 0 Å². The van der Waals surface area contributed by atoms with Crippen molar-refractivity contribution in [2.75, 3.05) is 13.1 Å². The molecule has 128 valence electrons. The molecule has 0 N–H and O–H groups in total. The summed E-state index contributed by atoms with van der Waals surface area (Å²) in [5.74, 6) is 0.904. The van der Waals surface area contributed by atoms with E-state index in [1.807, 2.05) is 43.9 Å². The molecule has 1 amide bonds. The Labute approximate surface area is 148 Å². The third kappa shape index (κ3) is 5.02. The first-order chi connectivity index (χ1) is 10.7. The van der Waals surface area contributed by atoms with Crippen LogP contribution in [0, 0.1) is 11.8 Å². The minimum Gasteiger partial charge on any atom is -0.444 e. The van der Waals surface area contributed by atoms with Gasteiger partial charge in [0.15, 0.2) is 0 Å². The molecule has 0 unspecified atom stereocenters. The number of hydrogen-bond acceptors (Lipinski definition) is 2. The second-order valence-corrected chi connectivity index (χ2v) is 8.08. The molecule has 1 aromatic rings. The fourth-order valence-corrected chi connectivity index (χ4v) is 3.40. The van der Waals surface area contributed by atoms with Gasteiger partial charge in [0.1, 0.15) is 5.60 Å². The monoisotopic (exact) mass is 357 g/mol. The highest BCUT2D eigenvalue weighted by Gasteiger charge is 2.36. The minimum atomic E-state index is -0.458. The van der Waals surface area contributed by atoms with Crippen LogP contribution in [0.2, 0.25) is 10.0 Å². The molecule has 0 radical (unpaired) electrons. The van der Waals surface area contributed by atoms with Crippen LogP contribution in [0.25, 0.3) is 0 Å². The van der Waals surface area contributed by atoms with Crippen molar-refractivity contribution >= 4 is 29.3 Å². The van der Waals surface area contributed by atoms with Crippen LogP contribution in [0.3, 0.4) is 0 Å². The van der Waals surface area contributed by atoms with Crippen molar-refractivity contribution in [2.24, 2.45) is 11.8 Å². The fourth-order valence-electron chi connectivity index (χ4n) is 3.08. The smallest absolute Gasteiger partial charge is 0.410 e. The van der Waals surface area contributed by atoms with E-state index in [0.717, 1.165) is 31.5 Å². The maximum absolute atomic E-state index is 12.3. The van der Waals surface area contributed by atoms with E-state index in [4.69, 9.17) is 27.9 Å². The highest BCUT2D eigenvalue weighted by Crippen LogP contribution is 2.32. The Morgan fingerprint density at radius 1 is 1.22 bits per heavy atom. The first-order valence-corrected chi connectivity index (χ1v) is 8.87. The molecule has 0 saturated carbocycles. The summed E-state index contributed by atoms with van der Waals surface area (Å²) in [5.41, 5.74) is 0.703. The fraction of sp³-hybridized carbons (Fsp3) is 0.611. The Balaban J connectivity index is 2.04. The number of nitrogens with zero attached hydrogens (tertiary/aromatic N) is 1. The van der Waals surface area contributed by atoms with Crippen molar-refractivity contribution in [2.45, 2.75) is 46.1 Å². The quantitative estimate of drug-likeness (QED) is 0.721. The summed E-state index contributed by atoms with van der Waals surface area (Å²) in [6, 6.07) is 5.77. The molecule has 1 fully saturated rings. The molecule has 0 spiro atoms. The van der Waals surface area contributed by atoms with Gasteiger partial charge in [-0.15, -0.1) is 0 Å². The molecule has 3 nitrogen and oxygen atoms in total. The number of ether oxygens (including phenoxy) is 1.